The second kappa shape index (κ2) is 554. The van der Waals surface area contributed by atoms with Crippen LogP contribution in [0.25, 0.3) is 0 Å². The van der Waals surface area contributed by atoms with Gasteiger partial charge in [-0.2, -0.15) is 0 Å². The number of allylic oxidation sites excluding steroid dienone is 17. The molecule has 0 aliphatic rings. The summed E-state index contributed by atoms with van der Waals surface area (Å²) in [7, 11) is 0. The molecule has 0 aromatic carbocycles. The third kappa shape index (κ3) is 9120. The van der Waals surface area contributed by atoms with E-state index in [1.807, 2.05) is 118 Å². The monoisotopic (exact) mass is 777 g/mol. The van der Waals surface area contributed by atoms with Crippen LogP contribution in [0.2, 0.25) is 0 Å². The molecule has 0 heterocycles. The number of aliphatic hydroxyl groups excluding tert-OH is 2. The molecule has 2 nitrogen and oxygen atoms in total. The van der Waals surface area contributed by atoms with E-state index in [2.05, 4.69) is 112 Å². The van der Waals surface area contributed by atoms with Crippen LogP contribution in [-0.4, -0.2) is 23.4 Å². The molecule has 0 spiro atoms. The number of hydrogen-bond donors (Lipinski definition) is 2. The van der Waals surface area contributed by atoms with Crippen LogP contribution in [0, 0.1) is 0 Å². The Balaban J connectivity index is -0.0000000165. The first-order chi connectivity index (χ1) is 26.0. The predicted octanol–water partition coefficient (Wildman–Crippen LogP) is 19.2. The van der Waals surface area contributed by atoms with E-state index >= 15 is 0 Å². The molecule has 0 aliphatic carbocycles. The quantitative estimate of drug-likeness (QED) is 0.260. The van der Waals surface area contributed by atoms with Gasteiger partial charge in [-0.15, -0.1) is 112 Å². The first-order valence-electron chi connectivity index (χ1n) is 17.9. The maximum atomic E-state index is 7.62. The lowest BCUT2D eigenvalue weighted by molar-refractivity contribution is 0.186. The molecular weight excluding hydrogens is 669 g/mol. The zero-order chi connectivity index (χ0) is 49.4. The van der Waals surface area contributed by atoms with Crippen LogP contribution in [0.3, 0.4) is 0 Å². The van der Waals surface area contributed by atoms with E-state index in [0.29, 0.717) is 0 Å². The van der Waals surface area contributed by atoms with Crippen molar-refractivity contribution in [3.05, 3.63) is 215 Å². The summed E-state index contributed by atoms with van der Waals surface area (Å²) in [6.45, 7) is 89.0. The van der Waals surface area contributed by atoms with Crippen LogP contribution < -0.4 is 0 Å². The van der Waals surface area contributed by atoms with Crippen LogP contribution in [0.1, 0.15) is 118 Å². The Kier molecular flexibility index (Phi) is 1180. The van der Waals surface area contributed by atoms with Crippen LogP contribution in [0.15, 0.2) is 215 Å². The lowest BCUT2D eigenvalue weighted by Gasteiger charge is -1.70. The molecule has 2 heteroatoms. The minimum absolute atomic E-state index is 0.125. The SMILES string of the molecule is C=CC.C=CC.C=CC.C=CC.C=CC.C=CC.C=CC.C=CC.C=CC.C=CC.C=CC.C=CC.C=CC.C=CC.C=CC.C=CC.C=CC.OCCO. The summed E-state index contributed by atoms with van der Waals surface area (Å²) >= 11 is 0. The summed E-state index contributed by atoms with van der Waals surface area (Å²) in [4.78, 5) is 0. The van der Waals surface area contributed by atoms with Crippen molar-refractivity contribution >= 4 is 0 Å². The maximum absolute atomic E-state index is 7.62. The van der Waals surface area contributed by atoms with Gasteiger partial charge in [-0.05, 0) is 118 Å². The molecule has 0 rings (SSSR count). The predicted molar refractivity (Wildman–Crippen MR) is 284 cm³/mol. The molecule has 0 aromatic heterocycles. The van der Waals surface area contributed by atoms with E-state index in [1.54, 1.807) is 103 Å². The fraction of sp³-hybridized carbons (Fsp3) is 0.358. The van der Waals surface area contributed by atoms with Gasteiger partial charge in [0.05, 0.1) is 13.2 Å². The highest BCUT2D eigenvalue weighted by Gasteiger charge is 1.58. The number of hydrogen-bond acceptors (Lipinski definition) is 2. The standard InChI is InChI=1S/17C3H6.C2H6O2/c17*1-3-2;3-1-2-4/h17*3H,1H2,2H3;3-4H,1-2H2. The van der Waals surface area contributed by atoms with Gasteiger partial charge < -0.3 is 10.2 Å². The van der Waals surface area contributed by atoms with Gasteiger partial charge in [0.25, 0.3) is 0 Å². The number of rotatable bonds is 1. The molecule has 0 aliphatic heterocycles. The Morgan fingerprint density at radius 2 is 0.200 bits per heavy atom. The summed E-state index contributed by atoms with van der Waals surface area (Å²) in [6, 6.07) is 0. The average molecular weight is 777 g/mol. The number of aliphatic hydroxyl groups is 2. The summed E-state index contributed by atoms with van der Waals surface area (Å²) in [6.07, 6.45) is 29.8. The van der Waals surface area contributed by atoms with Gasteiger partial charge in [0.15, 0.2) is 0 Å². The summed E-state index contributed by atoms with van der Waals surface area (Å²) in [5.41, 5.74) is 0. The summed E-state index contributed by atoms with van der Waals surface area (Å²) < 4.78 is 0. The molecule has 0 unspecified atom stereocenters. The first-order valence-corrected chi connectivity index (χ1v) is 17.9. The average Bonchev–Trinajstić information content (AvgIpc) is 3.08. The minimum atomic E-state index is -0.125. The van der Waals surface area contributed by atoms with Crippen LogP contribution in [0.4, 0.5) is 0 Å². The third-order valence-corrected chi connectivity index (χ3v) is 0.1000. The van der Waals surface area contributed by atoms with Crippen molar-refractivity contribution in [3.8, 4) is 0 Å². The Hall–Kier alpha value is -4.50. The molecular formula is C53H108O2. The molecule has 0 fully saturated rings. The fourth-order valence-electron chi connectivity index (χ4n) is 0. The lowest BCUT2D eigenvalue weighted by atomic mass is 10.8. The topological polar surface area (TPSA) is 40.5 Å². The van der Waals surface area contributed by atoms with E-state index in [0.717, 1.165) is 0 Å². The molecule has 332 valence electrons. The Labute approximate surface area is 355 Å². The molecule has 0 bridgehead atoms. The van der Waals surface area contributed by atoms with Crippen LogP contribution >= 0.6 is 0 Å². The van der Waals surface area contributed by atoms with E-state index < -0.39 is 0 Å². The first kappa shape index (κ1) is 117. The molecule has 0 saturated carbocycles. The molecule has 0 radical (unpaired) electrons. The van der Waals surface area contributed by atoms with Gasteiger partial charge in [-0.25, -0.2) is 0 Å². The minimum Gasteiger partial charge on any atom is -0.394 e. The van der Waals surface area contributed by atoms with Crippen molar-refractivity contribution in [3.63, 3.8) is 0 Å². The molecule has 55 heavy (non-hydrogen) atoms. The van der Waals surface area contributed by atoms with Gasteiger partial charge in [0.1, 0.15) is 0 Å². The fourth-order valence-corrected chi connectivity index (χ4v) is 0. The van der Waals surface area contributed by atoms with Gasteiger partial charge in [0, 0.05) is 0 Å². The zero-order valence-corrected chi connectivity index (χ0v) is 41.1. The van der Waals surface area contributed by atoms with Gasteiger partial charge in [-0.1, -0.05) is 103 Å². The summed E-state index contributed by atoms with van der Waals surface area (Å²) in [5, 5.41) is 15.2. The van der Waals surface area contributed by atoms with Crippen molar-refractivity contribution in [1.82, 2.24) is 0 Å². The Morgan fingerprint density at radius 1 is 0.182 bits per heavy atom. The van der Waals surface area contributed by atoms with Gasteiger partial charge in [-0.3, -0.25) is 0 Å². The summed E-state index contributed by atoms with van der Waals surface area (Å²) in [5.74, 6) is 0. The van der Waals surface area contributed by atoms with E-state index in [1.165, 1.54) is 0 Å². The van der Waals surface area contributed by atoms with Crippen LogP contribution in [0.5, 0.6) is 0 Å². The maximum Gasteiger partial charge on any atom is 0.0662 e. The Bertz CT molecular complexity index is 375. The van der Waals surface area contributed by atoms with Crippen molar-refractivity contribution in [2.45, 2.75) is 118 Å². The second-order valence-electron chi connectivity index (χ2n) is 7.39. The second-order valence-corrected chi connectivity index (χ2v) is 7.39. The van der Waals surface area contributed by atoms with Crippen molar-refractivity contribution in [1.29, 1.82) is 0 Å². The zero-order valence-electron chi connectivity index (χ0n) is 41.1. The largest absolute Gasteiger partial charge is 0.394 e. The van der Waals surface area contributed by atoms with Crippen LogP contribution in [-0.2, 0) is 0 Å². The molecule has 0 aromatic rings. The van der Waals surface area contributed by atoms with Crippen molar-refractivity contribution in [2.75, 3.05) is 13.2 Å². The van der Waals surface area contributed by atoms with E-state index in [-0.39, 0.29) is 13.2 Å². The highest BCUT2D eigenvalue weighted by atomic mass is 16.3. The van der Waals surface area contributed by atoms with Crippen molar-refractivity contribution in [2.24, 2.45) is 0 Å². The molecule has 0 saturated heterocycles. The smallest absolute Gasteiger partial charge is 0.0662 e. The van der Waals surface area contributed by atoms with Gasteiger partial charge >= 0.3 is 0 Å². The molecule has 2 N–H and O–H groups in total. The normalized spacial score (nSPS) is 4.56. The molecule has 0 atom stereocenters. The lowest BCUT2D eigenvalue weighted by Crippen LogP contribution is -1.85. The van der Waals surface area contributed by atoms with Gasteiger partial charge in [0.2, 0.25) is 0 Å². The van der Waals surface area contributed by atoms with Crippen molar-refractivity contribution < 1.29 is 10.2 Å². The molecule has 0 amide bonds. The van der Waals surface area contributed by atoms with E-state index in [9.17, 15) is 0 Å². The third-order valence-electron chi connectivity index (χ3n) is 0.1000. The highest BCUT2D eigenvalue weighted by Crippen LogP contribution is 1.43. The van der Waals surface area contributed by atoms with E-state index in [4.69, 9.17) is 10.2 Å². The highest BCUT2D eigenvalue weighted by molar-refractivity contribution is 4.56. The Morgan fingerprint density at radius 3 is 0.200 bits per heavy atom.